The van der Waals surface area contributed by atoms with E-state index in [1.165, 1.54) is 0 Å². The smallest absolute Gasteiger partial charge is 0.306 e. The van der Waals surface area contributed by atoms with Crippen LogP contribution in [0.3, 0.4) is 0 Å². The van der Waals surface area contributed by atoms with Crippen molar-refractivity contribution in [3.05, 3.63) is 59.9 Å². The first kappa shape index (κ1) is 18.4. The van der Waals surface area contributed by atoms with Crippen LogP contribution in [0.2, 0.25) is 0 Å². The number of ether oxygens (including phenoxy) is 1. The van der Waals surface area contributed by atoms with Crippen LogP contribution in [0, 0.1) is 35.0 Å². The van der Waals surface area contributed by atoms with Gasteiger partial charge in [-0.25, -0.2) is 0 Å². The van der Waals surface area contributed by atoms with E-state index in [4.69, 9.17) is 4.74 Å². The average Bonchev–Trinajstić information content (AvgIpc) is 3.08. The average molecular weight is 372 g/mol. The second-order valence-electron chi connectivity index (χ2n) is 8.03. The summed E-state index contributed by atoms with van der Waals surface area (Å²) in [6, 6.07) is 13.8. The minimum Gasteiger partial charge on any atom is -0.462 e. The Morgan fingerprint density at radius 1 is 1.21 bits per heavy atom. The highest BCUT2D eigenvalue weighted by Gasteiger charge is 2.46. The third kappa shape index (κ3) is 3.45. The second-order valence-corrected chi connectivity index (χ2v) is 8.03. The van der Waals surface area contributed by atoms with E-state index in [0.29, 0.717) is 29.7 Å². The molecule has 2 aliphatic rings. The Bertz CT molecular complexity index is 942. The molecule has 1 aliphatic carbocycles. The minimum absolute atomic E-state index is 0.0613. The molecule has 1 aliphatic heterocycles. The van der Waals surface area contributed by atoms with Gasteiger partial charge >= 0.3 is 5.97 Å². The summed E-state index contributed by atoms with van der Waals surface area (Å²) in [6.07, 6.45) is 7.63. The quantitative estimate of drug-likeness (QED) is 0.722. The van der Waals surface area contributed by atoms with Gasteiger partial charge in [0.2, 0.25) is 0 Å². The molecule has 3 unspecified atom stereocenters. The number of hydrogen-bond acceptors (Lipinski definition) is 4. The van der Waals surface area contributed by atoms with Crippen LogP contribution < -0.4 is 0 Å². The van der Waals surface area contributed by atoms with E-state index in [-0.39, 0.29) is 18.0 Å². The van der Waals surface area contributed by atoms with Crippen LogP contribution in [0.1, 0.15) is 37.9 Å². The molecule has 2 heterocycles. The van der Waals surface area contributed by atoms with Crippen molar-refractivity contribution in [3.63, 3.8) is 0 Å². The summed E-state index contributed by atoms with van der Waals surface area (Å²) < 4.78 is 5.54. The summed E-state index contributed by atoms with van der Waals surface area (Å²) in [7, 11) is 0. The van der Waals surface area contributed by atoms with E-state index in [1.807, 2.05) is 42.6 Å². The van der Waals surface area contributed by atoms with Crippen molar-refractivity contribution in [2.45, 2.75) is 32.8 Å². The molecule has 0 N–H and O–H groups in total. The number of allylic oxidation sites excluding steroid dienone is 1. The van der Waals surface area contributed by atoms with Crippen LogP contribution in [0.25, 0.3) is 17.2 Å². The van der Waals surface area contributed by atoms with E-state index in [9.17, 15) is 10.1 Å². The molecule has 1 saturated carbocycles. The zero-order valence-corrected chi connectivity index (χ0v) is 16.2. The zero-order valence-electron chi connectivity index (χ0n) is 16.2. The molecule has 4 nitrogen and oxygen atoms in total. The summed E-state index contributed by atoms with van der Waals surface area (Å²) in [4.78, 5) is 16.4. The lowest BCUT2D eigenvalue weighted by Crippen LogP contribution is -2.38. The van der Waals surface area contributed by atoms with Gasteiger partial charge in [0.15, 0.2) is 0 Å². The summed E-state index contributed by atoms with van der Waals surface area (Å²) in [6.45, 7) is 4.52. The Hall–Kier alpha value is -2.93. The lowest BCUT2D eigenvalue weighted by atomic mass is 9.66. The van der Waals surface area contributed by atoms with Crippen LogP contribution in [0.5, 0.6) is 0 Å². The Labute approximate surface area is 165 Å². The molecular weight excluding hydrogens is 348 g/mol. The van der Waals surface area contributed by atoms with Crippen LogP contribution in [-0.4, -0.2) is 17.1 Å². The molecular formula is C24H24N2O2. The summed E-state index contributed by atoms with van der Waals surface area (Å²) in [5, 5.41) is 9.29. The van der Waals surface area contributed by atoms with Gasteiger partial charge in [-0.15, -0.1) is 0 Å². The molecule has 5 atom stereocenters. The molecule has 1 aromatic carbocycles. The molecule has 0 bridgehead atoms. The molecule has 1 saturated heterocycles. The Balaban J connectivity index is 1.54. The molecule has 28 heavy (non-hydrogen) atoms. The third-order valence-corrected chi connectivity index (χ3v) is 6.40. The summed E-state index contributed by atoms with van der Waals surface area (Å²) in [5.41, 5.74) is 3.36. The Morgan fingerprint density at radius 3 is 2.79 bits per heavy atom. The number of hydrogen-bond donors (Lipinski definition) is 0. The first-order valence-electron chi connectivity index (χ1n) is 9.90. The number of benzene rings is 1. The van der Waals surface area contributed by atoms with E-state index < -0.39 is 0 Å². The molecule has 0 amide bonds. The van der Waals surface area contributed by atoms with Gasteiger partial charge in [0, 0.05) is 23.2 Å². The van der Waals surface area contributed by atoms with Crippen LogP contribution in [-0.2, 0) is 9.53 Å². The number of nitriles is 1. The number of fused-ring (bicyclic) bond motifs is 1. The third-order valence-electron chi connectivity index (χ3n) is 6.40. The van der Waals surface area contributed by atoms with E-state index in [1.54, 1.807) is 0 Å². The Morgan fingerprint density at radius 2 is 2.04 bits per heavy atom. The number of esters is 1. The summed E-state index contributed by atoms with van der Waals surface area (Å²) in [5.74, 6) is 1.57. The second kappa shape index (κ2) is 7.59. The van der Waals surface area contributed by atoms with Crippen molar-refractivity contribution in [1.82, 2.24) is 4.98 Å². The monoisotopic (exact) mass is 372 g/mol. The van der Waals surface area contributed by atoms with Crippen molar-refractivity contribution in [2.75, 3.05) is 0 Å². The number of pyridine rings is 1. The van der Waals surface area contributed by atoms with Crippen molar-refractivity contribution < 1.29 is 9.53 Å². The molecule has 142 valence electrons. The zero-order chi connectivity index (χ0) is 19.7. The number of carbonyl (C=O) groups is 1. The predicted octanol–water partition coefficient (Wildman–Crippen LogP) is 4.86. The maximum atomic E-state index is 11.8. The molecule has 0 spiro atoms. The van der Waals surface area contributed by atoms with Crippen molar-refractivity contribution >= 4 is 12.0 Å². The topological polar surface area (TPSA) is 63.0 Å². The number of nitrogens with zero attached hydrogens (tertiary/aromatic N) is 2. The number of carbonyl (C=O) groups excluding carboxylic acids is 1. The fourth-order valence-electron chi connectivity index (χ4n) is 4.61. The van der Waals surface area contributed by atoms with Gasteiger partial charge in [-0.3, -0.25) is 9.78 Å². The lowest BCUT2D eigenvalue weighted by Gasteiger charge is -2.39. The van der Waals surface area contributed by atoms with Crippen LogP contribution in [0.15, 0.2) is 48.7 Å². The molecule has 0 radical (unpaired) electrons. The molecule has 2 fully saturated rings. The van der Waals surface area contributed by atoms with Crippen molar-refractivity contribution in [2.24, 2.45) is 23.7 Å². The highest BCUT2D eigenvalue weighted by atomic mass is 16.5. The van der Waals surface area contributed by atoms with Gasteiger partial charge in [-0.1, -0.05) is 44.2 Å². The van der Waals surface area contributed by atoms with Crippen molar-refractivity contribution in [3.8, 4) is 17.2 Å². The largest absolute Gasteiger partial charge is 0.462 e. The SMILES string of the molecule is CC1C[C@@H]2OC(=O)C[C@@H]2C(/C=C/c2ccc(-c3ccccc3C#N)cn2)C1C. The normalized spacial score (nSPS) is 29.3. The molecule has 2 aromatic rings. The van der Waals surface area contributed by atoms with Gasteiger partial charge in [0.1, 0.15) is 6.10 Å². The van der Waals surface area contributed by atoms with Gasteiger partial charge in [0.05, 0.1) is 23.7 Å². The van der Waals surface area contributed by atoms with E-state index in [0.717, 1.165) is 23.2 Å². The highest BCUT2D eigenvalue weighted by Crippen LogP contribution is 2.45. The predicted molar refractivity (Wildman–Crippen MR) is 108 cm³/mol. The van der Waals surface area contributed by atoms with E-state index >= 15 is 0 Å². The fraction of sp³-hybridized carbons (Fsp3) is 0.375. The first-order chi connectivity index (χ1) is 13.6. The van der Waals surface area contributed by atoms with Crippen LogP contribution in [0.4, 0.5) is 0 Å². The highest BCUT2D eigenvalue weighted by molar-refractivity contribution is 5.72. The fourth-order valence-corrected chi connectivity index (χ4v) is 4.61. The van der Waals surface area contributed by atoms with Gasteiger partial charge in [0.25, 0.3) is 0 Å². The van der Waals surface area contributed by atoms with Gasteiger partial charge in [-0.2, -0.15) is 5.26 Å². The number of aromatic nitrogens is 1. The van der Waals surface area contributed by atoms with Gasteiger partial charge < -0.3 is 4.74 Å². The molecule has 4 heteroatoms. The molecule has 4 rings (SSSR count). The first-order valence-corrected chi connectivity index (χ1v) is 9.90. The number of rotatable bonds is 3. The van der Waals surface area contributed by atoms with Crippen molar-refractivity contribution in [1.29, 1.82) is 5.26 Å². The molecule has 1 aromatic heterocycles. The van der Waals surface area contributed by atoms with E-state index in [2.05, 4.69) is 37.1 Å². The standard InChI is InChI=1S/C24H24N2O2/c1-15-11-23-22(12-24(27)28-23)20(16(15)2)10-9-19-8-7-18(14-26-19)21-6-4-3-5-17(21)13-25/h3-10,14-16,20,22-23H,11-12H2,1-2H3/b10-9+/t15?,16?,20?,22-,23+/m1/s1. The maximum Gasteiger partial charge on any atom is 0.306 e. The maximum absolute atomic E-state index is 11.8. The van der Waals surface area contributed by atoms with Crippen LogP contribution >= 0.6 is 0 Å². The van der Waals surface area contributed by atoms with Gasteiger partial charge in [-0.05, 0) is 42.4 Å². The summed E-state index contributed by atoms with van der Waals surface area (Å²) >= 11 is 0. The minimum atomic E-state index is -0.0617. The Kier molecular flexibility index (Phi) is 5.00. The lowest BCUT2D eigenvalue weighted by molar-refractivity contribution is -0.142.